The van der Waals surface area contributed by atoms with E-state index in [1.807, 2.05) is 24.4 Å². The molecule has 0 aliphatic rings. The second-order valence-corrected chi connectivity index (χ2v) is 6.27. The summed E-state index contributed by atoms with van der Waals surface area (Å²) in [5.74, 6) is -0.311. The summed E-state index contributed by atoms with van der Waals surface area (Å²) < 4.78 is 15.7. The van der Waals surface area contributed by atoms with Gasteiger partial charge in [0, 0.05) is 16.1 Å². The molecule has 0 radical (unpaired) electrons. The van der Waals surface area contributed by atoms with E-state index in [1.54, 1.807) is 17.4 Å². The standard InChI is InChI=1S/C14H13ClFN3S/c1-8-7-19-13(9(2)18-14(19)20-8)6-17-12-5-10(15)3-4-11(12)16/h3-5,7,17H,6H2,1-2H3. The first-order chi connectivity index (χ1) is 9.54. The number of fused-ring (bicyclic) bond motifs is 1. The highest BCUT2D eigenvalue weighted by Crippen LogP contribution is 2.23. The van der Waals surface area contributed by atoms with E-state index in [0.29, 0.717) is 17.3 Å². The molecule has 0 bridgehead atoms. The maximum Gasteiger partial charge on any atom is 0.194 e. The molecule has 0 aliphatic heterocycles. The largest absolute Gasteiger partial charge is 0.377 e. The van der Waals surface area contributed by atoms with E-state index < -0.39 is 0 Å². The molecule has 20 heavy (non-hydrogen) atoms. The molecule has 3 rings (SSSR count). The molecule has 2 heterocycles. The third-order valence-corrected chi connectivity index (χ3v) is 4.25. The van der Waals surface area contributed by atoms with Crippen LogP contribution in [0.4, 0.5) is 10.1 Å². The Morgan fingerprint density at radius 2 is 2.20 bits per heavy atom. The van der Waals surface area contributed by atoms with Gasteiger partial charge < -0.3 is 5.32 Å². The third kappa shape index (κ3) is 2.39. The van der Waals surface area contributed by atoms with E-state index in [1.165, 1.54) is 17.0 Å². The minimum Gasteiger partial charge on any atom is -0.377 e. The first-order valence-corrected chi connectivity index (χ1v) is 7.37. The number of nitrogens with one attached hydrogen (secondary N) is 1. The summed E-state index contributed by atoms with van der Waals surface area (Å²) in [6.45, 7) is 4.50. The van der Waals surface area contributed by atoms with Crippen LogP contribution in [0.3, 0.4) is 0 Å². The number of halogens is 2. The zero-order chi connectivity index (χ0) is 14.3. The third-order valence-electron chi connectivity index (χ3n) is 3.12. The van der Waals surface area contributed by atoms with E-state index in [2.05, 4.69) is 10.3 Å². The van der Waals surface area contributed by atoms with Gasteiger partial charge in [-0.15, -0.1) is 11.3 Å². The number of anilines is 1. The zero-order valence-corrected chi connectivity index (χ0v) is 12.6. The van der Waals surface area contributed by atoms with Crippen LogP contribution in [0.1, 0.15) is 16.3 Å². The maximum atomic E-state index is 13.7. The molecule has 3 aromatic rings. The molecular weight excluding hydrogens is 297 g/mol. The number of thiazole rings is 1. The summed E-state index contributed by atoms with van der Waals surface area (Å²) in [6.07, 6.45) is 2.05. The highest BCUT2D eigenvalue weighted by Gasteiger charge is 2.11. The van der Waals surface area contributed by atoms with Gasteiger partial charge in [0.25, 0.3) is 0 Å². The van der Waals surface area contributed by atoms with Crippen LogP contribution in [0.15, 0.2) is 24.4 Å². The summed E-state index contributed by atoms with van der Waals surface area (Å²) in [5, 5.41) is 3.59. The number of benzene rings is 1. The Hall–Kier alpha value is -1.59. The van der Waals surface area contributed by atoms with Gasteiger partial charge in [-0.05, 0) is 32.0 Å². The summed E-state index contributed by atoms with van der Waals surface area (Å²) in [4.78, 5) is 6.67. The van der Waals surface area contributed by atoms with Crippen molar-refractivity contribution in [1.29, 1.82) is 0 Å². The first-order valence-electron chi connectivity index (χ1n) is 6.17. The topological polar surface area (TPSA) is 29.3 Å². The Kier molecular flexibility index (Phi) is 3.40. The number of imidazole rings is 1. The molecule has 3 nitrogen and oxygen atoms in total. The van der Waals surface area contributed by atoms with E-state index in [4.69, 9.17) is 11.6 Å². The molecule has 6 heteroatoms. The Balaban J connectivity index is 1.89. The van der Waals surface area contributed by atoms with Gasteiger partial charge in [-0.1, -0.05) is 11.6 Å². The van der Waals surface area contributed by atoms with Gasteiger partial charge in [-0.2, -0.15) is 0 Å². The number of hydrogen-bond donors (Lipinski definition) is 1. The zero-order valence-electron chi connectivity index (χ0n) is 11.1. The van der Waals surface area contributed by atoms with Gasteiger partial charge in [-0.25, -0.2) is 9.37 Å². The van der Waals surface area contributed by atoms with Crippen molar-refractivity contribution in [2.75, 3.05) is 5.32 Å². The van der Waals surface area contributed by atoms with E-state index in [0.717, 1.165) is 16.3 Å². The van der Waals surface area contributed by atoms with Gasteiger partial charge in [-0.3, -0.25) is 4.40 Å². The molecule has 1 N–H and O–H groups in total. The van der Waals surface area contributed by atoms with Crippen LogP contribution >= 0.6 is 22.9 Å². The second kappa shape index (κ2) is 5.07. The predicted octanol–water partition coefficient (Wildman–Crippen LogP) is 4.42. The van der Waals surface area contributed by atoms with Crippen LogP contribution < -0.4 is 5.32 Å². The Labute approximate surface area is 125 Å². The van der Waals surface area contributed by atoms with Crippen LogP contribution in [-0.2, 0) is 6.54 Å². The number of aryl methyl sites for hydroxylation is 2. The minimum atomic E-state index is -0.311. The molecule has 104 valence electrons. The SMILES string of the molecule is Cc1cn2c(CNc3cc(Cl)ccc3F)c(C)nc2s1. The van der Waals surface area contributed by atoms with Gasteiger partial charge in [0.2, 0.25) is 0 Å². The van der Waals surface area contributed by atoms with Crippen LogP contribution in [0.5, 0.6) is 0 Å². The fraction of sp³-hybridized carbons (Fsp3) is 0.214. The molecular formula is C14H13ClFN3S. The lowest BCUT2D eigenvalue weighted by Gasteiger charge is -2.08. The highest BCUT2D eigenvalue weighted by atomic mass is 35.5. The molecule has 1 aromatic carbocycles. The molecule has 0 spiro atoms. The predicted molar refractivity (Wildman–Crippen MR) is 81.3 cm³/mol. The quantitative estimate of drug-likeness (QED) is 0.776. The van der Waals surface area contributed by atoms with Crippen LogP contribution in [0, 0.1) is 19.7 Å². The molecule has 0 saturated carbocycles. The van der Waals surface area contributed by atoms with Crippen molar-refractivity contribution in [2.24, 2.45) is 0 Å². The Morgan fingerprint density at radius 1 is 1.40 bits per heavy atom. The summed E-state index contributed by atoms with van der Waals surface area (Å²) in [6, 6.07) is 4.48. The fourth-order valence-electron chi connectivity index (χ4n) is 2.13. The van der Waals surface area contributed by atoms with E-state index in [9.17, 15) is 4.39 Å². The van der Waals surface area contributed by atoms with Crippen molar-refractivity contribution >= 4 is 33.6 Å². The van der Waals surface area contributed by atoms with Gasteiger partial charge in [0.15, 0.2) is 4.96 Å². The van der Waals surface area contributed by atoms with Gasteiger partial charge in [0.05, 0.1) is 23.6 Å². The van der Waals surface area contributed by atoms with E-state index >= 15 is 0 Å². The van der Waals surface area contributed by atoms with Crippen molar-refractivity contribution in [2.45, 2.75) is 20.4 Å². The Bertz CT molecular complexity index is 778. The maximum absolute atomic E-state index is 13.7. The van der Waals surface area contributed by atoms with Gasteiger partial charge >= 0.3 is 0 Å². The monoisotopic (exact) mass is 309 g/mol. The molecule has 0 atom stereocenters. The number of nitrogens with zero attached hydrogens (tertiary/aromatic N) is 2. The first kappa shape index (κ1) is 13.4. The molecule has 2 aromatic heterocycles. The number of hydrogen-bond acceptors (Lipinski definition) is 3. The lowest BCUT2D eigenvalue weighted by atomic mass is 10.3. The average Bonchev–Trinajstić information content (AvgIpc) is 2.86. The molecule has 0 aliphatic carbocycles. The second-order valence-electron chi connectivity index (χ2n) is 4.62. The lowest BCUT2D eigenvalue weighted by Crippen LogP contribution is -2.05. The van der Waals surface area contributed by atoms with Crippen LogP contribution in [0.25, 0.3) is 4.96 Å². The summed E-state index contributed by atoms with van der Waals surface area (Å²) in [7, 11) is 0. The molecule has 0 fully saturated rings. The van der Waals surface area contributed by atoms with Crippen molar-refractivity contribution < 1.29 is 4.39 Å². The van der Waals surface area contributed by atoms with Crippen LogP contribution in [-0.4, -0.2) is 9.38 Å². The highest BCUT2D eigenvalue weighted by molar-refractivity contribution is 7.17. The molecule has 0 unspecified atom stereocenters. The van der Waals surface area contributed by atoms with Crippen molar-refractivity contribution in [3.63, 3.8) is 0 Å². The van der Waals surface area contributed by atoms with Crippen molar-refractivity contribution in [1.82, 2.24) is 9.38 Å². The smallest absolute Gasteiger partial charge is 0.194 e. The van der Waals surface area contributed by atoms with Crippen molar-refractivity contribution in [3.05, 3.63) is 51.5 Å². The van der Waals surface area contributed by atoms with Crippen LogP contribution in [0.2, 0.25) is 5.02 Å². The lowest BCUT2D eigenvalue weighted by molar-refractivity contribution is 0.630. The van der Waals surface area contributed by atoms with Gasteiger partial charge in [0.1, 0.15) is 5.82 Å². The molecule has 0 saturated heterocycles. The summed E-state index contributed by atoms with van der Waals surface area (Å²) in [5.41, 5.74) is 2.38. The normalized spacial score (nSPS) is 11.2. The fourth-order valence-corrected chi connectivity index (χ4v) is 3.20. The minimum absolute atomic E-state index is 0.311. The number of aromatic nitrogens is 2. The van der Waals surface area contributed by atoms with Crippen molar-refractivity contribution in [3.8, 4) is 0 Å². The molecule has 0 amide bonds. The summed E-state index contributed by atoms with van der Waals surface area (Å²) >= 11 is 7.53. The Morgan fingerprint density at radius 3 is 3.00 bits per heavy atom. The number of rotatable bonds is 3. The average molecular weight is 310 g/mol. The van der Waals surface area contributed by atoms with E-state index in [-0.39, 0.29) is 5.82 Å².